The summed E-state index contributed by atoms with van der Waals surface area (Å²) in [7, 11) is 0. The minimum Gasteiger partial charge on any atom is -0.356 e. The zero-order valence-electron chi connectivity index (χ0n) is 9.51. The van der Waals surface area contributed by atoms with Crippen LogP contribution in [0.2, 0.25) is 0 Å². The molecule has 1 fully saturated rings. The van der Waals surface area contributed by atoms with Crippen LogP contribution in [-0.2, 0) is 4.79 Å². The molecule has 1 rings (SSSR count). The van der Waals surface area contributed by atoms with Gasteiger partial charge in [0, 0.05) is 12.5 Å². The van der Waals surface area contributed by atoms with Gasteiger partial charge < -0.3 is 5.32 Å². The highest BCUT2D eigenvalue weighted by Gasteiger charge is 2.20. The summed E-state index contributed by atoms with van der Waals surface area (Å²) in [6, 6.07) is 0. The number of carbonyl (C=O) groups is 1. The normalized spacial score (nSPS) is 20.4. The molecule has 1 atom stereocenters. The van der Waals surface area contributed by atoms with E-state index in [1.54, 1.807) is 0 Å². The number of rotatable bonds is 4. The van der Waals surface area contributed by atoms with Crippen LogP contribution in [0.1, 0.15) is 52.4 Å². The molecule has 1 unspecified atom stereocenters. The fourth-order valence-electron chi connectivity index (χ4n) is 2.38. The van der Waals surface area contributed by atoms with Crippen LogP contribution in [0.4, 0.5) is 0 Å². The second-order valence-corrected chi connectivity index (χ2v) is 4.54. The molecule has 0 spiro atoms. The van der Waals surface area contributed by atoms with Gasteiger partial charge in [-0.1, -0.05) is 39.0 Å². The van der Waals surface area contributed by atoms with Gasteiger partial charge in [0.1, 0.15) is 0 Å². The van der Waals surface area contributed by atoms with Crippen molar-refractivity contribution in [2.75, 3.05) is 6.54 Å². The lowest BCUT2D eigenvalue weighted by Gasteiger charge is -2.24. The van der Waals surface area contributed by atoms with Crippen LogP contribution in [0.3, 0.4) is 0 Å². The lowest BCUT2D eigenvalue weighted by Crippen LogP contribution is -2.30. The van der Waals surface area contributed by atoms with E-state index in [0.29, 0.717) is 0 Å². The maximum Gasteiger partial charge on any atom is 0.222 e. The highest BCUT2D eigenvalue weighted by molar-refractivity contribution is 5.78. The average molecular weight is 197 g/mol. The van der Waals surface area contributed by atoms with Crippen molar-refractivity contribution in [1.82, 2.24) is 5.32 Å². The van der Waals surface area contributed by atoms with Gasteiger partial charge >= 0.3 is 0 Å². The molecule has 0 aliphatic heterocycles. The highest BCUT2D eigenvalue weighted by Crippen LogP contribution is 2.28. The van der Waals surface area contributed by atoms with Gasteiger partial charge in [-0.3, -0.25) is 4.79 Å². The van der Waals surface area contributed by atoms with Crippen molar-refractivity contribution in [3.05, 3.63) is 0 Å². The maximum atomic E-state index is 11.5. The van der Waals surface area contributed by atoms with Gasteiger partial charge in [-0.15, -0.1) is 0 Å². The Kier molecular flexibility index (Phi) is 4.99. The SMILES string of the molecule is CCNC(=O)C(C)CC1CCCCC1. The lowest BCUT2D eigenvalue weighted by molar-refractivity contribution is -0.125. The molecule has 0 heterocycles. The van der Waals surface area contributed by atoms with E-state index in [1.165, 1.54) is 32.1 Å². The van der Waals surface area contributed by atoms with Gasteiger partial charge in [0.05, 0.1) is 0 Å². The number of nitrogens with one attached hydrogen (secondary N) is 1. The summed E-state index contributed by atoms with van der Waals surface area (Å²) in [5, 5.41) is 2.90. The van der Waals surface area contributed by atoms with Crippen LogP contribution in [0.25, 0.3) is 0 Å². The molecular formula is C12H23NO. The van der Waals surface area contributed by atoms with E-state index in [0.717, 1.165) is 18.9 Å². The van der Waals surface area contributed by atoms with Gasteiger partial charge in [0.2, 0.25) is 5.91 Å². The highest BCUT2D eigenvalue weighted by atomic mass is 16.1. The first-order chi connectivity index (χ1) is 6.74. The van der Waals surface area contributed by atoms with Gasteiger partial charge in [-0.05, 0) is 19.3 Å². The Hall–Kier alpha value is -0.530. The van der Waals surface area contributed by atoms with Crippen LogP contribution in [-0.4, -0.2) is 12.5 Å². The summed E-state index contributed by atoms with van der Waals surface area (Å²) in [5.41, 5.74) is 0. The standard InChI is InChI=1S/C12H23NO/c1-3-13-12(14)10(2)9-11-7-5-4-6-8-11/h10-11H,3-9H2,1-2H3,(H,13,14). The smallest absolute Gasteiger partial charge is 0.222 e. The minimum atomic E-state index is 0.207. The third kappa shape index (κ3) is 3.69. The van der Waals surface area contributed by atoms with Crippen LogP contribution in [0, 0.1) is 11.8 Å². The zero-order valence-corrected chi connectivity index (χ0v) is 9.51. The molecule has 1 N–H and O–H groups in total. The molecule has 1 aliphatic rings. The predicted molar refractivity (Wildman–Crippen MR) is 59.0 cm³/mol. The van der Waals surface area contributed by atoms with Gasteiger partial charge in [-0.25, -0.2) is 0 Å². The number of amides is 1. The summed E-state index contributed by atoms with van der Waals surface area (Å²) in [4.78, 5) is 11.5. The Morgan fingerprint density at radius 3 is 2.57 bits per heavy atom. The second kappa shape index (κ2) is 6.05. The van der Waals surface area contributed by atoms with E-state index in [-0.39, 0.29) is 11.8 Å². The van der Waals surface area contributed by atoms with Gasteiger partial charge in [0.25, 0.3) is 0 Å². The maximum absolute atomic E-state index is 11.5. The molecule has 0 radical (unpaired) electrons. The van der Waals surface area contributed by atoms with E-state index >= 15 is 0 Å². The van der Waals surface area contributed by atoms with E-state index in [9.17, 15) is 4.79 Å². The lowest BCUT2D eigenvalue weighted by atomic mass is 9.83. The fourth-order valence-corrected chi connectivity index (χ4v) is 2.38. The summed E-state index contributed by atoms with van der Waals surface area (Å²) in [6.07, 6.45) is 7.89. The number of hydrogen-bond acceptors (Lipinski definition) is 1. The Morgan fingerprint density at radius 2 is 2.00 bits per heavy atom. The summed E-state index contributed by atoms with van der Waals surface area (Å²) in [6.45, 7) is 4.79. The van der Waals surface area contributed by atoms with Crippen LogP contribution in [0.5, 0.6) is 0 Å². The van der Waals surface area contributed by atoms with Crippen molar-refractivity contribution in [2.24, 2.45) is 11.8 Å². The molecule has 2 nitrogen and oxygen atoms in total. The quantitative estimate of drug-likeness (QED) is 0.737. The molecular weight excluding hydrogens is 174 g/mol. The molecule has 0 aromatic carbocycles. The Labute approximate surface area is 87.5 Å². The first-order valence-electron chi connectivity index (χ1n) is 6.01. The summed E-state index contributed by atoms with van der Waals surface area (Å²) in [5.74, 6) is 1.25. The molecule has 0 aromatic heterocycles. The predicted octanol–water partition coefficient (Wildman–Crippen LogP) is 2.73. The van der Waals surface area contributed by atoms with E-state index < -0.39 is 0 Å². The zero-order chi connectivity index (χ0) is 10.4. The third-order valence-electron chi connectivity index (χ3n) is 3.21. The second-order valence-electron chi connectivity index (χ2n) is 4.54. The first kappa shape index (κ1) is 11.5. The average Bonchev–Trinajstić information content (AvgIpc) is 2.19. The van der Waals surface area contributed by atoms with Crippen LogP contribution in [0.15, 0.2) is 0 Å². The largest absolute Gasteiger partial charge is 0.356 e. The monoisotopic (exact) mass is 197 g/mol. The molecule has 0 bridgehead atoms. The molecule has 82 valence electrons. The molecule has 1 saturated carbocycles. The van der Waals surface area contributed by atoms with E-state index in [4.69, 9.17) is 0 Å². The third-order valence-corrected chi connectivity index (χ3v) is 3.21. The van der Waals surface area contributed by atoms with Crippen molar-refractivity contribution in [3.8, 4) is 0 Å². The van der Waals surface area contributed by atoms with Crippen molar-refractivity contribution in [2.45, 2.75) is 52.4 Å². The van der Waals surface area contributed by atoms with Crippen molar-refractivity contribution in [1.29, 1.82) is 0 Å². The van der Waals surface area contributed by atoms with Crippen LogP contribution < -0.4 is 5.32 Å². The van der Waals surface area contributed by atoms with Gasteiger partial charge in [0.15, 0.2) is 0 Å². The van der Waals surface area contributed by atoms with Crippen molar-refractivity contribution >= 4 is 5.91 Å². The molecule has 2 heteroatoms. The Balaban J connectivity index is 2.24. The first-order valence-corrected chi connectivity index (χ1v) is 6.01. The van der Waals surface area contributed by atoms with Crippen molar-refractivity contribution < 1.29 is 4.79 Å². The molecule has 0 saturated heterocycles. The minimum absolute atomic E-state index is 0.207. The van der Waals surface area contributed by atoms with E-state index in [2.05, 4.69) is 12.2 Å². The molecule has 1 aliphatic carbocycles. The Bertz CT molecular complexity index is 173. The van der Waals surface area contributed by atoms with Gasteiger partial charge in [-0.2, -0.15) is 0 Å². The van der Waals surface area contributed by atoms with Crippen molar-refractivity contribution in [3.63, 3.8) is 0 Å². The summed E-state index contributed by atoms with van der Waals surface area (Å²) >= 11 is 0. The van der Waals surface area contributed by atoms with E-state index in [1.807, 2.05) is 6.92 Å². The van der Waals surface area contributed by atoms with Crippen LogP contribution >= 0.6 is 0 Å². The Morgan fingerprint density at radius 1 is 1.36 bits per heavy atom. The summed E-state index contributed by atoms with van der Waals surface area (Å²) < 4.78 is 0. The molecule has 14 heavy (non-hydrogen) atoms. The fraction of sp³-hybridized carbons (Fsp3) is 0.917. The number of hydrogen-bond donors (Lipinski definition) is 1. The molecule has 1 amide bonds. The molecule has 0 aromatic rings. The number of carbonyl (C=O) groups excluding carboxylic acids is 1. The topological polar surface area (TPSA) is 29.1 Å².